The van der Waals surface area contributed by atoms with Gasteiger partial charge in [-0.05, 0) is 35.9 Å². The van der Waals surface area contributed by atoms with Crippen LogP contribution in [0.15, 0.2) is 57.7 Å². The molecule has 0 aliphatic carbocycles. The zero-order valence-electron chi connectivity index (χ0n) is 21.6. The maximum Gasteiger partial charge on any atom is 0.343 e. The molecule has 3 aromatic carbocycles. The van der Waals surface area contributed by atoms with Crippen LogP contribution < -0.4 is 39.4 Å². The number of ether oxygens (including phenoxy) is 6. The summed E-state index contributed by atoms with van der Waals surface area (Å²) >= 11 is 0. The number of methoxy groups -OCH3 is 2. The van der Waals surface area contributed by atoms with Crippen LogP contribution in [0.3, 0.4) is 0 Å². The highest BCUT2D eigenvalue weighted by Gasteiger charge is 2.35. The van der Waals surface area contributed by atoms with Crippen molar-refractivity contribution in [2.75, 3.05) is 27.8 Å². The molecule has 206 valence electrons. The molecule has 0 saturated heterocycles. The van der Waals surface area contributed by atoms with Crippen LogP contribution in [0.2, 0.25) is 0 Å². The third-order valence-corrected chi connectivity index (χ3v) is 6.88. The molecule has 0 radical (unpaired) electrons. The second kappa shape index (κ2) is 10.3. The highest BCUT2D eigenvalue weighted by atomic mass is 16.7. The molecular weight excluding hydrogens is 522 g/mol. The molecule has 1 amide bonds. The summed E-state index contributed by atoms with van der Waals surface area (Å²) in [4.78, 5) is 26.7. The highest BCUT2D eigenvalue weighted by Crippen LogP contribution is 2.53. The Morgan fingerprint density at radius 1 is 0.975 bits per heavy atom. The lowest BCUT2D eigenvalue weighted by atomic mass is 9.86. The minimum Gasteiger partial charge on any atom is -0.507 e. The van der Waals surface area contributed by atoms with Crippen molar-refractivity contribution in [1.82, 2.24) is 5.32 Å². The normalized spacial score (nSPS) is 13.8. The van der Waals surface area contributed by atoms with Crippen molar-refractivity contribution in [3.05, 3.63) is 75.6 Å². The van der Waals surface area contributed by atoms with Crippen LogP contribution in [0.4, 0.5) is 0 Å². The van der Waals surface area contributed by atoms with E-state index >= 15 is 0 Å². The fraction of sp³-hybridized carbons (Fsp3) is 0.241. The van der Waals surface area contributed by atoms with Crippen molar-refractivity contribution in [2.45, 2.75) is 18.9 Å². The molecule has 0 saturated carbocycles. The molecule has 6 rings (SSSR count). The summed E-state index contributed by atoms with van der Waals surface area (Å²) in [6.45, 7) is 0.281. The first-order valence-corrected chi connectivity index (χ1v) is 12.4. The van der Waals surface area contributed by atoms with Gasteiger partial charge in [0.2, 0.25) is 31.0 Å². The second-order valence-electron chi connectivity index (χ2n) is 9.14. The van der Waals surface area contributed by atoms with E-state index in [2.05, 4.69) is 5.32 Å². The number of amides is 1. The first-order chi connectivity index (χ1) is 19.5. The molecule has 0 unspecified atom stereocenters. The van der Waals surface area contributed by atoms with E-state index in [1.807, 2.05) is 6.07 Å². The molecule has 4 aromatic rings. The molecule has 3 heterocycles. The van der Waals surface area contributed by atoms with Crippen molar-refractivity contribution in [1.29, 1.82) is 0 Å². The predicted molar refractivity (Wildman–Crippen MR) is 141 cm³/mol. The molecule has 2 N–H and O–H groups in total. The average Bonchev–Trinajstić information content (AvgIpc) is 3.64. The molecule has 1 atom stereocenters. The number of benzene rings is 3. The lowest BCUT2D eigenvalue weighted by molar-refractivity contribution is -0.121. The molecule has 0 spiro atoms. The van der Waals surface area contributed by atoms with E-state index in [9.17, 15) is 14.7 Å². The SMILES string of the molecule is COc1cc([C@@H](CC(=O)NCc2ccc3c(c2)OCO3)c2c(O)c3ccccc3oc2=O)c(OC)c2c1OCO2. The summed E-state index contributed by atoms with van der Waals surface area (Å²) in [5.41, 5.74) is 0.499. The Labute approximate surface area is 227 Å². The van der Waals surface area contributed by atoms with Crippen LogP contribution in [-0.2, 0) is 11.3 Å². The maximum absolute atomic E-state index is 13.4. The van der Waals surface area contributed by atoms with Gasteiger partial charge in [0.25, 0.3) is 0 Å². The quantitative estimate of drug-likeness (QED) is 0.314. The summed E-state index contributed by atoms with van der Waals surface area (Å²) in [6, 6.07) is 13.6. The van der Waals surface area contributed by atoms with Crippen LogP contribution in [0.5, 0.6) is 40.2 Å². The highest BCUT2D eigenvalue weighted by molar-refractivity contribution is 5.85. The molecular formula is C29H25NO10. The molecule has 2 aliphatic heterocycles. The first kappa shape index (κ1) is 25.2. The van der Waals surface area contributed by atoms with E-state index in [0.29, 0.717) is 33.9 Å². The topological polar surface area (TPSA) is 135 Å². The van der Waals surface area contributed by atoms with Gasteiger partial charge in [0.15, 0.2) is 23.0 Å². The van der Waals surface area contributed by atoms with Crippen molar-refractivity contribution in [3.63, 3.8) is 0 Å². The number of carbonyl (C=O) groups is 1. The number of para-hydroxylation sites is 1. The maximum atomic E-state index is 13.4. The Bertz CT molecular complexity index is 1680. The Morgan fingerprint density at radius 3 is 2.58 bits per heavy atom. The number of aromatic hydroxyl groups is 1. The smallest absolute Gasteiger partial charge is 0.343 e. The molecule has 40 heavy (non-hydrogen) atoms. The summed E-state index contributed by atoms with van der Waals surface area (Å²) < 4.78 is 38.7. The summed E-state index contributed by atoms with van der Waals surface area (Å²) in [5.74, 6) is 0.713. The van der Waals surface area contributed by atoms with Crippen molar-refractivity contribution in [3.8, 4) is 40.2 Å². The third-order valence-electron chi connectivity index (χ3n) is 6.88. The van der Waals surface area contributed by atoms with Gasteiger partial charge in [-0.15, -0.1) is 0 Å². The number of hydrogen-bond acceptors (Lipinski definition) is 10. The number of carbonyl (C=O) groups excluding carboxylic acids is 1. The summed E-state index contributed by atoms with van der Waals surface area (Å²) in [6.07, 6.45) is -0.236. The monoisotopic (exact) mass is 547 g/mol. The number of rotatable bonds is 8. The average molecular weight is 548 g/mol. The predicted octanol–water partition coefficient (Wildman–Crippen LogP) is 3.81. The van der Waals surface area contributed by atoms with E-state index in [4.69, 9.17) is 32.8 Å². The van der Waals surface area contributed by atoms with Crippen LogP contribution in [0.1, 0.15) is 29.0 Å². The van der Waals surface area contributed by atoms with Crippen molar-refractivity contribution in [2.24, 2.45) is 0 Å². The Kier molecular flexibility index (Phi) is 6.47. The third kappa shape index (κ3) is 4.35. The van der Waals surface area contributed by atoms with Crippen molar-refractivity contribution < 1.29 is 42.7 Å². The lowest BCUT2D eigenvalue weighted by Crippen LogP contribution is -2.27. The van der Waals surface area contributed by atoms with Gasteiger partial charge >= 0.3 is 5.63 Å². The van der Waals surface area contributed by atoms with Gasteiger partial charge in [0.1, 0.15) is 11.3 Å². The van der Waals surface area contributed by atoms with Gasteiger partial charge in [-0.25, -0.2) is 4.79 Å². The first-order valence-electron chi connectivity index (χ1n) is 12.4. The number of fused-ring (bicyclic) bond motifs is 3. The van der Waals surface area contributed by atoms with Crippen molar-refractivity contribution >= 4 is 16.9 Å². The fourth-order valence-electron chi connectivity index (χ4n) is 4.99. The molecule has 11 heteroatoms. The zero-order valence-corrected chi connectivity index (χ0v) is 21.6. The van der Waals surface area contributed by atoms with Gasteiger partial charge in [0, 0.05) is 24.4 Å². The Hall–Kier alpha value is -5.06. The van der Waals surface area contributed by atoms with Gasteiger partial charge in [-0.3, -0.25) is 4.79 Å². The lowest BCUT2D eigenvalue weighted by Gasteiger charge is -2.22. The molecule has 2 aliphatic rings. The standard InChI is InChI=1S/C29H25NO10/c1-34-22-10-18(26(35-2)28-27(22)38-14-39-28)17(24-25(32)16-5-3-4-6-19(16)40-29(24)33)11-23(31)30-12-15-7-8-20-21(9-15)37-13-36-20/h3-10,17,32H,11-14H2,1-2H3,(H,30,31)/t17-/m1/s1. The van der Waals surface area contributed by atoms with E-state index in [0.717, 1.165) is 5.56 Å². The van der Waals surface area contributed by atoms with Gasteiger partial charge in [0.05, 0.1) is 25.2 Å². The largest absolute Gasteiger partial charge is 0.507 e. The van der Waals surface area contributed by atoms with Gasteiger partial charge in [-0.2, -0.15) is 0 Å². The Morgan fingerprint density at radius 2 is 1.75 bits per heavy atom. The minimum absolute atomic E-state index is 0.0600. The second-order valence-corrected chi connectivity index (χ2v) is 9.14. The Balaban J connectivity index is 1.41. The van der Waals surface area contributed by atoms with E-state index in [-0.39, 0.29) is 54.9 Å². The summed E-state index contributed by atoms with van der Waals surface area (Å²) in [7, 11) is 2.90. The molecule has 11 nitrogen and oxygen atoms in total. The summed E-state index contributed by atoms with van der Waals surface area (Å²) in [5, 5.41) is 14.5. The number of nitrogens with one attached hydrogen (secondary N) is 1. The van der Waals surface area contributed by atoms with Crippen LogP contribution in [0.25, 0.3) is 11.0 Å². The van der Waals surface area contributed by atoms with Gasteiger partial charge < -0.3 is 43.3 Å². The van der Waals surface area contributed by atoms with Crippen LogP contribution in [0, 0.1) is 0 Å². The minimum atomic E-state index is -1.00. The fourth-order valence-corrected chi connectivity index (χ4v) is 4.99. The molecule has 0 fully saturated rings. The van der Waals surface area contributed by atoms with Crippen LogP contribution in [-0.4, -0.2) is 38.8 Å². The number of hydrogen-bond donors (Lipinski definition) is 2. The van der Waals surface area contributed by atoms with E-state index < -0.39 is 17.5 Å². The van der Waals surface area contributed by atoms with E-state index in [1.165, 1.54) is 14.2 Å². The molecule has 1 aromatic heterocycles. The molecule has 0 bridgehead atoms. The van der Waals surface area contributed by atoms with Crippen LogP contribution >= 0.6 is 0 Å². The van der Waals surface area contributed by atoms with E-state index in [1.54, 1.807) is 42.5 Å². The van der Waals surface area contributed by atoms with Gasteiger partial charge in [-0.1, -0.05) is 18.2 Å². The zero-order chi connectivity index (χ0) is 27.8.